The second kappa shape index (κ2) is 7.15. The lowest BCUT2D eigenvalue weighted by Gasteiger charge is -2.46. The highest BCUT2D eigenvalue weighted by Crippen LogP contribution is 2.54. The van der Waals surface area contributed by atoms with E-state index in [4.69, 9.17) is 10.2 Å². The number of rotatable bonds is 3. The maximum Gasteiger partial charge on any atom is 0.234 e. The monoisotopic (exact) mass is 412 g/mol. The molecule has 6 heteroatoms. The van der Waals surface area contributed by atoms with Gasteiger partial charge in [0.15, 0.2) is 10.8 Å². The molecule has 0 unspecified atom stereocenters. The van der Waals surface area contributed by atoms with Crippen molar-refractivity contribution in [1.29, 1.82) is 0 Å². The van der Waals surface area contributed by atoms with Crippen molar-refractivity contribution in [3.05, 3.63) is 96.1 Å². The summed E-state index contributed by atoms with van der Waals surface area (Å²) in [5, 5.41) is 14.2. The summed E-state index contributed by atoms with van der Waals surface area (Å²) < 4.78 is 0. The van der Waals surface area contributed by atoms with E-state index in [0.717, 1.165) is 28.2 Å². The van der Waals surface area contributed by atoms with Crippen LogP contribution in [-0.4, -0.2) is 16.5 Å². The Morgan fingerprint density at radius 2 is 1.33 bits per heavy atom. The van der Waals surface area contributed by atoms with E-state index in [1.165, 1.54) is 11.8 Å². The van der Waals surface area contributed by atoms with Crippen molar-refractivity contribution >= 4 is 39.7 Å². The van der Waals surface area contributed by atoms with Crippen LogP contribution in [0.25, 0.3) is 0 Å². The Morgan fingerprint density at radius 3 is 1.93 bits per heavy atom. The molecule has 2 aliphatic rings. The van der Waals surface area contributed by atoms with Gasteiger partial charge in [0.05, 0.1) is 17.1 Å². The van der Waals surface area contributed by atoms with Crippen LogP contribution >= 0.6 is 11.8 Å². The third-order valence-corrected chi connectivity index (χ3v) is 6.64. The number of hydrogen-bond acceptors (Lipinski definition) is 6. The molecule has 2 heterocycles. The molecule has 0 aliphatic carbocycles. The Kier molecular flexibility index (Phi) is 4.44. The molecule has 0 radical (unpaired) electrons. The third-order valence-electron chi connectivity index (χ3n) is 5.22. The second-order valence-electron chi connectivity index (χ2n) is 7.20. The second-order valence-corrected chi connectivity index (χ2v) is 8.36. The summed E-state index contributed by atoms with van der Waals surface area (Å²) in [6.07, 6.45) is 0. The molecule has 3 aromatic carbocycles. The van der Waals surface area contributed by atoms with Gasteiger partial charge in [-0.05, 0) is 43.0 Å². The highest BCUT2D eigenvalue weighted by Gasteiger charge is 2.55. The van der Waals surface area contributed by atoms with Crippen LogP contribution in [0.2, 0.25) is 0 Å². The van der Waals surface area contributed by atoms with Crippen LogP contribution in [0.5, 0.6) is 0 Å². The molecule has 5 nitrogen and oxygen atoms in total. The quantitative estimate of drug-likeness (QED) is 0.593. The molecule has 5 rings (SSSR count). The molecule has 0 amide bonds. The van der Waals surface area contributed by atoms with Gasteiger partial charge >= 0.3 is 0 Å². The van der Waals surface area contributed by atoms with Crippen LogP contribution in [0.4, 0.5) is 11.4 Å². The van der Waals surface area contributed by atoms with Crippen molar-refractivity contribution in [1.82, 2.24) is 0 Å². The molecular formula is C24H20N4OS. The van der Waals surface area contributed by atoms with Gasteiger partial charge in [-0.1, -0.05) is 60.7 Å². The van der Waals surface area contributed by atoms with Gasteiger partial charge in [-0.2, -0.15) is 10.2 Å². The predicted octanol–water partition coefficient (Wildman–Crippen LogP) is 5.20. The lowest BCUT2D eigenvalue weighted by molar-refractivity contribution is -0.110. The van der Waals surface area contributed by atoms with Crippen molar-refractivity contribution in [3.8, 4) is 0 Å². The molecular weight excluding hydrogens is 392 g/mol. The number of fused-ring (bicyclic) bond motifs is 2. The van der Waals surface area contributed by atoms with Crippen LogP contribution < -0.4 is 10.0 Å². The minimum atomic E-state index is -0.847. The van der Waals surface area contributed by atoms with E-state index in [0.29, 0.717) is 5.04 Å². The van der Waals surface area contributed by atoms with Crippen LogP contribution in [0, 0.1) is 0 Å². The first-order chi connectivity index (χ1) is 14.6. The Morgan fingerprint density at radius 1 is 0.800 bits per heavy atom. The van der Waals surface area contributed by atoms with Crippen LogP contribution in [-0.2, 0) is 9.79 Å². The lowest BCUT2D eigenvalue weighted by Crippen LogP contribution is -2.53. The van der Waals surface area contributed by atoms with Gasteiger partial charge < -0.3 is 0 Å². The molecule has 0 N–H and O–H groups in total. The zero-order chi connectivity index (χ0) is 20.7. The first kappa shape index (κ1) is 18.6. The molecule has 0 saturated carbocycles. The smallest absolute Gasteiger partial charge is 0.234 e. The van der Waals surface area contributed by atoms with Crippen molar-refractivity contribution < 1.29 is 4.79 Å². The predicted molar refractivity (Wildman–Crippen MR) is 124 cm³/mol. The van der Waals surface area contributed by atoms with Gasteiger partial charge in [-0.3, -0.25) is 4.79 Å². The van der Waals surface area contributed by atoms with Crippen LogP contribution in [0.3, 0.4) is 0 Å². The molecule has 0 bridgehead atoms. The molecule has 1 atom stereocenters. The normalized spacial score (nSPS) is 20.1. The molecule has 30 heavy (non-hydrogen) atoms. The highest BCUT2D eigenvalue weighted by atomic mass is 32.2. The third kappa shape index (κ3) is 2.75. The van der Waals surface area contributed by atoms with Gasteiger partial charge in [0.2, 0.25) is 4.99 Å². The number of para-hydroxylation sites is 2. The van der Waals surface area contributed by atoms with Gasteiger partial charge in [0.25, 0.3) is 0 Å². The molecule has 0 fully saturated rings. The van der Waals surface area contributed by atoms with E-state index >= 15 is 0 Å². The Bertz CT molecular complexity index is 1180. The summed E-state index contributed by atoms with van der Waals surface area (Å²) >= 11 is 1.44. The number of carbonyl (C=O) groups excluding carboxylic acids is 1. The highest BCUT2D eigenvalue weighted by molar-refractivity contribution is 8.17. The number of hydrogen-bond donors (Lipinski definition) is 0. The number of hydrazone groups is 2. The fourth-order valence-corrected chi connectivity index (χ4v) is 5.16. The zero-order valence-electron chi connectivity index (χ0n) is 16.7. The lowest BCUT2D eigenvalue weighted by atomic mass is 9.98. The van der Waals surface area contributed by atoms with Gasteiger partial charge in [0, 0.05) is 18.1 Å². The average molecular weight is 413 g/mol. The van der Waals surface area contributed by atoms with Crippen LogP contribution in [0.15, 0.2) is 95.1 Å². The van der Waals surface area contributed by atoms with Gasteiger partial charge in [-0.15, -0.1) is 0 Å². The van der Waals surface area contributed by atoms with E-state index in [9.17, 15) is 4.79 Å². The summed E-state index contributed by atoms with van der Waals surface area (Å²) in [5.41, 5.74) is 4.85. The number of benzene rings is 3. The Balaban J connectivity index is 1.82. The fourth-order valence-electron chi connectivity index (χ4n) is 3.87. The number of thioether (sulfide) groups is 1. The topological polar surface area (TPSA) is 48.3 Å². The molecule has 0 saturated heterocycles. The number of anilines is 2. The first-order valence-electron chi connectivity index (χ1n) is 9.75. The number of nitrogens with zero attached hydrogens (tertiary/aromatic N) is 4. The fraction of sp³-hybridized carbons (Fsp3) is 0.125. The minimum Gasteiger partial charge on any atom is -0.292 e. The average Bonchev–Trinajstić information content (AvgIpc) is 3.19. The summed E-state index contributed by atoms with van der Waals surface area (Å²) in [6, 6.07) is 28.2. The van der Waals surface area contributed by atoms with Crippen LogP contribution in [0.1, 0.15) is 25.0 Å². The Labute approximate surface area is 179 Å². The van der Waals surface area contributed by atoms with E-state index in [-0.39, 0.29) is 5.78 Å². The molecule has 2 aliphatic heterocycles. The minimum absolute atomic E-state index is 0.0606. The number of ketones is 1. The van der Waals surface area contributed by atoms with E-state index in [2.05, 4.69) is 12.1 Å². The summed E-state index contributed by atoms with van der Waals surface area (Å²) in [6.45, 7) is 3.57. The SMILES string of the molecule is CC(=O)C1=NN(c2ccccc2)[C@@]2(S1)c1ccccc1C(C)=NN2c1ccccc1. The summed E-state index contributed by atoms with van der Waals surface area (Å²) in [4.78, 5) is 11.6. The summed E-state index contributed by atoms with van der Waals surface area (Å²) in [5.74, 6) is -0.0606. The van der Waals surface area contributed by atoms with E-state index in [1.807, 2.05) is 89.7 Å². The van der Waals surface area contributed by atoms with Crippen molar-refractivity contribution in [2.45, 2.75) is 18.8 Å². The largest absolute Gasteiger partial charge is 0.292 e. The van der Waals surface area contributed by atoms with Crippen molar-refractivity contribution in [3.63, 3.8) is 0 Å². The van der Waals surface area contributed by atoms with Crippen molar-refractivity contribution in [2.24, 2.45) is 10.2 Å². The first-order valence-corrected chi connectivity index (χ1v) is 10.6. The molecule has 148 valence electrons. The van der Waals surface area contributed by atoms with E-state index in [1.54, 1.807) is 6.92 Å². The molecule has 3 aromatic rings. The molecule has 1 spiro atoms. The summed E-state index contributed by atoms with van der Waals surface area (Å²) in [7, 11) is 0. The zero-order valence-corrected chi connectivity index (χ0v) is 17.5. The number of carbonyl (C=O) groups is 1. The maximum atomic E-state index is 12.4. The molecule has 0 aromatic heterocycles. The van der Waals surface area contributed by atoms with Crippen molar-refractivity contribution in [2.75, 3.05) is 10.0 Å². The standard InChI is InChI=1S/C24H20N4OS/c1-17-21-15-9-10-16-22(21)24(27(25-17)19-11-5-3-6-12-19)28(20-13-7-4-8-14-20)26-23(30-24)18(2)29/h3-16H,1-2H3/t24-/m1/s1. The number of Topliss-reactive ketones (excluding diaryl/α,β-unsaturated/α-hetero) is 1. The van der Waals surface area contributed by atoms with Gasteiger partial charge in [-0.25, -0.2) is 10.0 Å². The maximum absolute atomic E-state index is 12.4. The Hall–Kier alpha value is -3.38. The van der Waals surface area contributed by atoms with E-state index < -0.39 is 4.99 Å². The van der Waals surface area contributed by atoms with Gasteiger partial charge in [0.1, 0.15) is 0 Å².